The van der Waals surface area contributed by atoms with Crippen LogP contribution in [0.3, 0.4) is 0 Å². The number of nitriles is 1. The number of halogens is 1. The van der Waals surface area contributed by atoms with Crippen molar-refractivity contribution in [1.29, 1.82) is 10.7 Å². The van der Waals surface area contributed by atoms with Gasteiger partial charge in [0.25, 0.3) is 0 Å². The van der Waals surface area contributed by atoms with Crippen molar-refractivity contribution in [3.8, 4) is 6.07 Å². The van der Waals surface area contributed by atoms with E-state index >= 15 is 0 Å². The van der Waals surface area contributed by atoms with Crippen molar-refractivity contribution in [3.05, 3.63) is 76.8 Å². The third kappa shape index (κ3) is 4.29. The van der Waals surface area contributed by atoms with Gasteiger partial charge in [0, 0.05) is 24.7 Å². The van der Waals surface area contributed by atoms with E-state index in [4.69, 9.17) is 17.0 Å². The molecular formula is C26H27ClN8. The van der Waals surface area contributed by atoms with Crippen molar-refractivity contribution in [2.45, 2.75) is 32.4 Å². The lowest BCUT2D eigenvalue weighted by molar-refractivity contribution is 0.0599. The predicted molar refractivity (Wildman–Crippen MR) is 138 cm³/mol. The standard InChI is InChI=1S/C26H27ClN8/c1-3-33-16-26(17-33,10-11-28)30-12-9-21(29)23-14-24-22(7-8-25-32-31-18(2)35(24)25)34(23)15-19-5-4-6-20(27)13-19/h4-9,12-14,29-30H,3,10,15-17H2,1-2H3/b12-9-,29-21?. The largest absolute Gasteiger partial charge is 0.382 e. The van der Waals surface area contributed by atoms with Gasteiger partial charge in [-0.05, 0) is 61.6 Å². The van der Waals surface area contributed by atoms with Crippen LogP contribution in [0.5, 0.6) is 0 Å². The second-order valence-corrected chi connectivity index (χ2v) is 9.54. The van der Waals surface area contributed by atoms with E-state index in [1.165, 1.54) is 0 Å². The number of likely N-dealkylation sites (N-methyl/N-ethyl adjacent to an activating group) is 1. The number of allylic oxidation sites excluding steroid dienone is 1. The number of fused-ring (bicyclic) bond motifs is 3. The molecule has 0 bridgehead atoms. The summed E-state index contributed by atoms with van der Waals surface area (Å²) in [5, 5.41) is 30.8. The van der Waals surface area contributed by atoms with Gasteiger partial charge >= 0.3 is 0 Å². The Kier molecular flexibility index (Phi) is 6.05. The Balaban J connectivity index is 1.51. The summed E-state index contributed by atoms with van der Waals surface area (Å²) >= 11 is 6.25. The van der Waals surface area contributed by atoms with Crippen LogP contribution >= 0.6 is 11.6 Å². The van der Waals surface area contributed by atoms with Crippen molar-refractivity contribution in [1.82, 2.24) is 29.4 Å². The van der Waals surface area contributed by atoms with E-state index in [1.807, 2.05) is 60.0 Å². The molecule has 2 N–H and O–H groups in total. The first kappa shape index (κ1) is 23.1. The van der Waals surface area contributed by atoms with Gasteiger partial charge in [0.2, 0.25) is 0 Å². The monoisotopic (exact) mass is 486 g/mol. The summed E-state index contributed by atoms with van der Waals surface area (Å²) in [7, 11) is 0. The van der Waals surface area contributed by atoms with E-state index in [1.54, 1.807) is 6.08 Å². The van der Waals surface area contributed by atoms with E-state index in [0.29, 0.717) is 23.7 Å². The first-order valence-corrected chi connectivity index (χ1v) is 12.0. The Bertz CT molecular complexity index is 1480. The summed E-state index contributed by atoms with van der Waals surface area (Å²) in [6.07, 6.45) is 4.02. The first-order chi connectivity index (χ1) is 16.9. The lowest BCUT2D eigenvalue weighted by Crippen LogP contribution is -2.67. The summed E-state index contributed by atoms with van der Waals surface area (Å²) in [6.45, 7) is 7.24. The lowest BCUT2D eigenvalue weighted by Gasteiger charge is -2.49. The molecule has 4 heterocycles. The zero-order chi connectivity index (χ0) is 24.6. The molecule has 0 atom stereocenters. The van der Waals surface area contributed by atoms with E-state index in [2.05, 4.69) is 38.0 Å². The minimum Gasteiger partial charge on any atom is -0.382 e. The molecule has 1 aliphatic heterocycles. The number of nitrogens with zero attached hydrogens (tertiary/aromatic N) is 6. The number of aromatic nitrogens is 4. The molecule has 0 unspecified atom stereocenters. The number of pyridine rings is 1. The second-order valence-electron chi connectivity index (χ2n) is 9.10. The molecule has 1 fully saturated rings. The molecule has 0 amide bonds. The van der Waals surface area contributed by atoms with Gasteiger partial charge in [-0.3, -0.25) is 14.7 Å². The summed E-state index contributed by atoms with van der Waals surface area (Å²) in [6, 6.07) is 16.1. The summed E-state index contributed by atoms with van der Waals surface area (Å²) < 4.78 is 4.14. The number of hydrogen-bond donors (Lipinski definition) is 2. The molecule has 178 valence electrons. The molecule has 3 aromatic heterocycles. The summed E-state index contributed by atoms with van der Waals surface area (Å²) in [5.74, 6) is 0.796. The van der Waals surface area contributed by atoms with Gasteiger partial charge in [-0.15, -0.1) is 10.2 Å². The van der Waals surface area contributed by atoms with Crippen LogP contribution in [-0.2, 0) is 6.54 Å². The number of benzene rings is 1. The molecule has 0 aliphatic carbocycles. The van der Waals surface area contributed by atoms with Crippen molar-refractivity contribution < 1.29 is 0 Å². The Morgan fingerprint density at radius 1 is 1.23 bits per heavy atom. The normalized spacial score (nSPS) is 15.5. The third-order valence-electron chi connectivity index (χ3n) is 6.66. The van der Waals surface area contributed by atoms with Crippen LogP contribution in [0.2, 0.25) is 5.02 Å². The van der Waals surface area contributed by atoms with E-state index < -0.39 is 0 Å². The Hall–Kier alpha value is -3.67. The SMILES string of the molecule is CCN1CC(CC#N)(N/C=C\C(=N)c2cc3c(ccc4nnc(C)n43)n2Cc2cccc(Cl)c2)C1. The molecule has 1 aliphatic rings. The van der Waals surface area contributed by atoms with Gasteiger partial charge in [0.1, 0.15) is 5.82 Å². The summed E-state index contributed by atoms with van der Waals surface area (Å²) in [4.78, 5) is 2.29. The molecule has 0 spiro atoms. The molecule has 1 aromatic carbocycles. The van der Waals surface area contributed by atoms with E-state index in [-0.39, 0.29) is 5.54 Å². The fourth-order valence-corrected chi connectivity index (χ4v) is 5.09. The van der Waals surface area contributed by atoms with Crippen LogP contribution in [0.4, 0.5) is 0 Å². The molecule has 0 saturated carbocycles. The first-order valence-electron chi connectivity index (χ1n) is 11.6. The molecular weight excluding hydrogens is 460 g/mol. The van der Waals surface area contributed by atoms with Crippen LogP contribution in [0.15, 0.2) is 54.7 Å². The highest BCUT2D eigenvalue weighted by atomic mass is 35.5. The smallest absolute Gasteiger partial charge is 0.161 e. The quantitative estimate of drug-likeness (QED) is 0.364. The third-order valence-corrected chi connectivity index (χ3v) is 6.90. The van der Waals surface area contributed by atoms with Crippen LogP contribution in [0, 0.1) is 23.7 Å². The van der Waals surface area contributed by atoms with Gasteiger partial charge in [-0.25, -0.2) is 0 Å². The molecule has 8 nitrogen and oxygen atoms in total. The van der Waals surface area contributed by atoms with Crippen LogP contribution in [0.25, 0.3) is 16.7 Å². The van der Waals surface area contributed by atoms with Crippen molar-refractivity contribution in [3.63, 3.8) is 0 Å². The van der Waals surface area contributed by atoms with Gasteiger partial charge < -0.3 is 9.88 Å². The minimum atomic E-state index is -0.249. The fraction of sp³-hybridized carbons (Fsp3) is 0.308. The van der Waals surface area contributed by atoms with E-state index in [9.17, 15) is 5.26 Å². The molecule has 5 rings (SSSR count). The van der Waals surface area contributed by atoms with Gasteiger partial charge in [0.15, 0.2) is 5.65 Å². The molecule has 1 saturated heterocycles. The second kappa shape index (κ2) is 9.17. The Labute approximate surface area is 208 Å². The maximum atomic E-state index is 9.28. The van der Waals surface area contributed by atoms with Crippen molar-refractivity contribution >= 4 is 34.0 Å². The topological polar surface area (TPSA) is 98.0 Å². The highest BCUT2D eigenvalue weighted by Crippen LogP contribution is 2.26. The van der Waals surface area contributed by atoms with Crippen LogP contribution < -0.4 is 5.32 Å². The maximum Gasteiger partial charge on any atom is 0.161 e. The molecule has 9 heteroatoms. The highest BCUT2D eigenvalue weighted by Gasteiger charge is 2.41. The lowest BCUT2D eigenvalue weighted by atomic mass is 9.87. The number of aryl methyl sites for hydroxylation is 1. The number of rotatable bonds is 8. The number of nitrogens with one attached hydrogen (secondary N) is 2. The number of hydrogen-bond acceptors (Lipinski definition) is 6. The predicted octanol–water partition coefficient (Wildman–Crippen LogP) is 4.15. The minimum absolute atomic E-state index is 0.249. The molecule has 0 radical (unpaired) electrons. The van der Waals surface area contributed by atoms with E-state index in [0.717, 1.165) is 53.4 Å². The van der Waals surface area contributed by atoms with Gasteiger partial charge in [-0.2, -0.15) is 5.26 Å². The van der Waals surface area contributed by atoms with Crippen LogP contribution in [-0.4, -0.2) is 54.9 Å². The van der Waals surface area contributed by atoms with Crippen LogP contribution in [0.1, 0.15) is 30.4 Å². The molecule has 4 aromatic rings. The number of likely N-dealkylation sites (tertiary alicyclic amines) is 1. The van der Waals surface area contributed by atoms with Crippen molar-refractivity contribution in [2.75, 3.05) is 19.6 Å². The average Bonchev–Trinajstić information content (AvgIpc) is 3.37. The fourth-order valence-electron chi connectivity index (χ4n) is 4.88. The maximum absolute atomic E-state index is 9.28. The highest BCUT2D eigenvalue weighted by molar-refractivity contribution is 6.30. The zero-order valence-electron chi connectivity index (χ0n) is 19.8. The average molecular weight is 487 g/mol. The zero-order valence-corrected chi connectivity index (χ0v) is 20.5. The van der Waals surface area contributed by atoms with Gasteiger partial charge in [-0.1, -0.05) is 30.7 Å². The molecule has 35 heavy (non-hydrogen) atoms. The van der Waals surface area contributed by atoms with Gasteiger partial charge in [0.05, 0.1) is 40.5 Å². The summed E-state index contributed by atoms with van der Waals surface area (Å²) in [5.41, 5.74) is 4.65. The Morgan fingerprint density at radius 2 is 2.06 bits per heavy atom. The Morgan fingerprint density at radius 3 is 2.80 bits per heavy atom. The van der Waals surface area contributed by atoms with Crippen molar-refractivity contribution in [2.24, 2.45) is 0 Å².